The fraction of sp³-hybridized carbons (Fsp3) is 0.727. The van der Waals surface area contributed by atoms with Gasteiger partial charge in [0.2, 0.25) is 5.82 Å². The van der Waals surface area contributed by atoms with Crippen molar-refractivity contribution in [2.45, 2.75) is 38.6 Å². The maximum absolute atomic E-state index is 12.1. The Morgan fingerprint density at radius 3 is 3.18 bits per heavy atom. The molecule has 1 aromatic rings. The number of nitrogens with zero attached hydrogens (tertiary/aromatic N) is 3. The molecule has 6 heteroatoms. The van der Waals surface area contributed by atoms with E-state index in [1.54, 1.807) is 4.90 Å². The molecular weight excluding hydrogens is 218 g/mol. The topological polar surface area (TPSA) is 87.9 Å². The number of H-pyrrole nitrogens is 1. The summed E-state index contributed by atoms with van der Waals surface area (Å²) in [5.41, 5.74) is 5.85. The average molecular weight is 237 g/mol. The summed E-state index contributed by atoms with van der Waals surface area (Å²) in [7, 11) is 0. The van der Waals surface area contributed by atoms with Gasteiger partial charge in [-0.25, -0.2) is 4.98 Å². The number of likely N-dealkylation sites (tertiary alicyclic amines) is 1. The summed E-state index contributed by atoms with van der Waals surface area (Å²) in [6, 6.07) is 0.0850. The van der Waals surface area contributed by atoms with E-state index in [-0.39, 0.29) is 17.8 Å². The van der Waals surface area contributed by atoms with Crippen molar-refractivity contribution in [2.24, 2.45) is 5.73 Å². The van der Waals surface area contributed by atoms with E-state index in [9.17, 15) is 4.79 Å². The van der Waals surface area contributed by atoms with Gasteiger partial charge < -0.3 is 10.6 Å². The molecule has 1 atom stereocenters. The summed E-state index contributed by atoms with van der Waals surface area (Å²) in [5, 5.41) is 6.76. The van der Waals surface area contributed by atoms with Gasteiger partial charge in [-0.2, -0.15) is 0 Å². The van der Waals surface area contributed by atoms with Crippen LogP contribution in [0.5, 0.6) is 0 Å². The van der Waals surface area contributed by atoms with Crippen LogP contribution in [0.2, 0.25) is 0 Å². The summed E-state index contributed by atoms with van der Waals surface area (Å²) >= 11 is 0. The van der Waals surface area contributed by atoms with E-state index in [4.69, 9.17) is 5.73 Å². The Hall–Kier alpha value is -1.43. The number of carbonyl (C=O) groups excluding carboxylic acids is 1. The van der Waals surface area contributed by atoms with E-state index in [0.29, 0.717) is 6.54 Å². The molecule has 1 aliphatic heterocycles. The molecule has 94 valence electrons. The zero-order chi connectivity index (χ0) is 12.3. The lowest BCUT2D eigenvalue weighted by molar-refractivity contribution is 0.0697. The molecule has 0 aromatic carbocycles. The number of nitrogens with two attached hydrogens (primary N) is 1. The quantitative estimate of drug-likeness (QED) is 0.792. The highest BCUT2D eigenvalue weighted by molar-refractivity contribution is 5.90. The Morgan fingerprint density at radius 2 is 2.47 bits per heavy atom. The van der Waals surface area contributed by atoms with Crippen LogP contribution < -0.4 is 5.73 Å². The maximum atomic E-state index is 12.1. The SMILES string of the molecule is CCCc1nc(C(=O)N2CCC[C@@H](N)C2)n[nH]1. The Kier molecular flexibility index (Phi) is 3.73. The molecular formula is C11H19N5O. The molecule has 17 heavy (non-hydrogen) atoms. The van der Waals surface area contributed by atoms with Gasteiger partial charge >= 0.3 is 0 Å². The lowest BCUT2D eigenvalue weighted by atomic mass is 10.1. The monoisotopic (exact) mass is 237 g/mol. The van der Waals surface area contributed by atoms with Crippen LogP contribution >= 0.6 is 0 Å². The third kappa shape index (κ3) is 2.82. The van der Waals surface area contributed by atoms with Crippen molar-refractivity contribution in [1.29, 1.82) is 0 Å². The van der Waals surface area contributed by atoms with Crippen LogP contribution in [-0.4, -0.2) is 45.1 Å². The number of carbonyl (C=O) groups is 1. The first kappa shape index (κ1) is 12.0. The molecule has 1 fully saturated rings. The third-order valence-electron chi connectivity index (χ3n) is 2.95. The van der Waals surface area contributed by atoms with Crippen LogP contribution in [0.3, 0.4) is 0 Å². The summed E-state index contributed by atoms with van der Waals surface area (Å²) < 4.78 is 0. The Labute approximate surface area is 101 Å². The predicted octanol–water partition coefficient (Wildman–Crippen LogP) is 0.321. The fourth-order valence-electron chi connectivity index (χ4n) is 2.08. The number of hydrogen-bond donors (Lipinski definition) is 2. The van der Waals surface area contributed by atoms with Crippen LogP contribution in [0.4, 0.5) is 0 Å². The van der Waals surface area contributed by atoms with Crippen LogP contribution in [0, 0.1) is 0 Å². The van der Waals surface area contributed by atoms with Gasteiger partial charge in [0, 0.05) is 25.6 Å². The number of nitrogens with one attached hydrogen (secondary N) is 1. The molecule has 2 heterocycles. The van der Waals surface area contributed by atoms with Gasteiger partial charge in [0.05, 0.1) is 0 Å². The highest BCUT2D eigenvalue weighted by atomic mass is 16.2. The van der Waals surface area contributed by atoms with Gasteiger partial charge in [0.25, 0.3) is 5.91 Å². The molecule has 1 aliphatic rings. The number of aromatic nitrogens is 3. The number of aryl methyl sites for hydroxylation is 1. The molecule has 0 spiro atoms. The van der Waals surface area contributed by atoms with Crippen molar-refractivity contribution in [3.05, 3.63) is 11.6 Å². The average Bonchev–Trinajstić information content (AvgIpc) is 2.77. The summed E-state index contributed by atoms with van der Waals surface area (Å²) in [6.07, 6.45) is 3.75. The van der Waals surface area contributed by atoms with E-state index in [1.165, 1.54) is 0 Å². The molecule has 3 N–H and O–H groups in total. The lowest BCUT2D eigenvalue weighted by Gasteiger charge is -2.29. The van der Waals surface area contributed by atoms with Crippen molar-refractivity contribution in [3.63, 3.8) is 0 Å². The fourth-order valence-corrected chi connectivity index (χ4v) is 2.08. The Bertz CT molecular complexity index is 389. The number of rotatable bonds is 3. The van der Waals surface area contributed by atoms with Crippen LogP contribution in [0.15, 0.2) is 0 Å². The van der Waals surface area contributed by atoms with Crippen LogP contribution in [0.25, 0.3) is 0 Å². The second-order valence-corrected chi connectivity index (χ2v) is 4.51. The second kappa shape index (κ2) is 5.27. The first-order chi connectivity index (χ1) is 8.20. The molecule has 0 saturated carbocycles. The highest BCUT2D eigenvalue weighted by Crippen LogP contribution is 2.10. The number of hydrogen-bond acceptors (Lipinski definition) is 4. The van der Waals surface area contributed by atoms with Crippen LogP contribution in [0.1, 0.15) is 42.6 Å². The Morgan fingerprint density at radius 1 is 1.65 bits per heavy atom. The van der Waals surface area contributed by atoms with Crippen molar-refractivity contribution in [2.75, 3.05) is 13.1 Å². The molecule has 1 amide bonds. The van der Waals surface area contributed by atoms with Crippen molar-refractivity contribution in [1.82, 2.24) is 20.1 Å². The molecule has 0 unspecified atom stereocenters. The largest absolute Gasteiger partial charge is 0.334 e. The third-order valence-corrected chi connectivity index (χ3v) is 2.95. The van der Waals surface area contributed by atoms with E-state index in [2.05, 4.69) is 22.1 Å². The van der Waals surface area contributed by atoms with Gasteiger partial charge in [-0.05, 0) is 19.3 Å². The standard InChI is InChI=1S/C11H19N5O/c1-2-4-9-13-10(15-14-9)11(17)16-6-3-5-8(12)7-16/h8H,2-7,12H2,1H3,(H,13,14,15)/t8-/m1/s1. The minimum absolute atomic E-state index is 0.0850. The molecule has 1 aromatic heterocycles. The van der Waals surface area contributed by atoms with Gasteiger partial charge in [-0.3, -0.25) is 9.89 Å². The van der Waals surface area contributed by atoms with Crippen molar-refractivity contribution >= 4 is 5.91 Å². The highest BCUT2D eigenvalue weighted by Gasteiger charge is 2.24. The maximum Gasteiger partial charge on any atom is 0.293 e. The lowest BCUT2D eigenvalue weighted by Crippen LogP contribution is -2.46. The summed E-state index contributed by atoms with van der Waals surface area (Å²) in [4.78, 5) is 18.0. The van der Waals surface area contributed by atoms with E-state index >= 15 is 0 Å². The molecule has 2 rings (SSSR count). The second-order valence-electron chi connectivity index (χ2n) is 4.51. The number of piperidine rings is 1. The van der Waals surface area contributed by atoms with E-state index in [1.807, 2.05) is 0 Å². The Balaban J connectivity index is 2.02. The first-order valence-electron chi connectivity index (χ1n) is 6.17. The van der Waals surface area contributed by atoms with Gasteiger partial charge in [-0.15, -0.1) is 5.10 Å². The molecule has 0 aliphatic carbocycles. The summed E-state index contributed by atoms with van der Waals surface area (Å²) in [6.45, 7) is 3.42. The van der Waals surface area contributed by atoms with Crippen LogP contribution in [-0.2, 0) is 6.42 Å². The van der Waals surface area contributed by atoms with E-state index < -0.39 is 0 Å². The molecule has 0 bridgehead atoms. The minimum atomic E-state index is -0.112. The van der Waals surface area contributed by atoms with Crippen molar-refractivity contribution in [3.8, 4) is 0 Å². The molecule has 0 radical (unpaired) electrons. The number of amides is 1. The zero-order valence-corrected chi connectivity index (χ0v) is 10.1. The van der Waals surface area contributed by atoms with E-state index in [0.717, 1.165) is 38.1 Å². The molecule has 1 saturated heterocycles. The van der Waals surface area contributed by atoms with Gasteiger partial charge in [0.1, 0.15) is 5.82 Å². The first-order valence-corrected chi connectivity index (χ1v) is 6.17. The van der Waals surface area contributed by atoms with Crippen molar-refractivity contribution < 1.29 is 4.79 Å². The smallest absolute Gasteiger partial charge is 0.293 e. The zero-order valence-electron chi connectivity index (χ0n) is 10.1. The normalized spacial score (nSPS) is 20.6. The minimum Gasteiger partial charge on any atom is -0.334 e. The summed E-state index contributed by atoms with van der Waals surface area (Å²) in [5.74, 6) is 0.929. The molecule has 6 nitrogen and oxygen atoms in total. The van der Waals surface area contributed by atoms with Gasteiger partial charge in [-0.1, -0.05) is 6.92 Å². The van der Waals surface area contributed by atoms with Gasteiger partial charge in [0.15, 0.2) is 0 Å². The predicted molar refractivity (Wildman–Crippen MR) is 63.5 cm³/mol. The number of aromatic amines is 1.